The Morgan fingerprint density at radius 1 is 1.39 bits per heavy atom. The van der Waals surface area contributed by atoms with E-state index in [1.54, 1.807) is 12.1 Å². The summed E-state index contributed by atoms with van der Waals surface area (Å²) in [6, 6.07) is 10.0. The van der Waals surface area contributed by atoms with Gasteiger partial charge in [-0.05, 0) is 57.0 Å². The highest BCUT2D eigenvalue weighted by atomic mass is 16.5. The fourth-order valence-corrected chi connectivity index (χ4v) is 2.08. The maximum atomic E-state index is 8.70. The first-order valence-electron chi connectivity index (χ1n) is 6.54. The number of rotatable bonds is 6. The van der Waals surface area contributed by atoms with Gasteiger partial charge in [-0.3, -0.25) is 0 Å². The van der Waals surface area contributed by atoms with Gasteiger partial charge in [0.2, 0.25) is 0 Å². The minimum absolute atomic E-state index is 0.662. The Morgan fingerprint density at radius 3 is 2.61 bits per heavy atom. The van der Waals surface area contributed by atoms with Crippen molar-refractivity contribution in [3.8, 4) is 11.8 Å². The molecule has 1 aliphatic rings. The number of nitrogens with zero attached hydrogens (tertiary/aromatic N) is 2. The first kappa shape index (κ1) is 12.9. The van der Waals surface area contributed by atoms with Gasteiger partial charge in [0.1, 0.15) is 12.4 Å². The first-order chi connectivity index (χ1) is 8.70. The molecular formula is C15H20N2O. The fraction of sp³-hybridized carbons (Fsp3) is 0.533. The molecule has 0 aromatic heterocycles. The number of nitriles is 1. The Kier molecular flexibility index (Phi) is 4.22. The molecule has 1 aromatic carbocycles. The van der Waals surface area contributed by atoms with Gasteiger partial charge in [0.25, 0.3) is 0 Å². The molecule has 0 N–H and O–H groups in total. The van der Waals surface area contributed by atoms with Gasteiger partial charge in [0.15, 0.2) is 0 Å². The molecule has 1 fully saturated rings. The van der Waals surface area contributed by atoms with Crippen molar-refractivity contribution in [2.75, 3.05) is 20.2 Å². The number of benzene rings is 1. The van der Waals surface area contributed by atoms with Crippen LogP contribution in [0.3, 0.4) is 0 Å². The average Bonchev–Trinajstić information content (AvgIpc) is 3.23. The van der Waals surface area contributed by atoms with Crippen molar-refractivity contribution < 1.29 is 4.74 Å². The summed E-state index contributed by atoms with van der Waals surface area (Å²) in [6.07, 6.45) is 2.75. The molecule has 1 atom stereocenters. The Bertz CT molecular complexity index is 417. The molecule has 1 aromatic rings. The van der Waals surface area contributed by atoms with Crippen LogP contribution in [0.5, 0.6) is 5.75 Å². The van der Waals surface area contributed by atoms with Crippen LogP contribution < -0.4 is 4.74 Å². The van der Waals surface area contributed by atoms with Gasteiger partial charge in [0.05, 0.1) is 11.6 Å². The molecule has 0 heterocycles. The Labute approximate surface area is 109 Å². The fourth-order valence-electron chi connectivity index (χ4n) is 2.08. The van der Waals surface area contributed by atoms with Crippen LogP contribution in [-0.2, 0) is 0 Å². The Balaban J connectivity index is 1.72. The maximum absolute atomic E-state index is 8.70. The van der Waals surface area contributed by atoms with E-state index in [9.17, 15) is 0 Å². The normalized spacial score (nSPS) is 16.3. The molecule has 0 saturated heterocycles. The summed E-state index contributed by atoms with van der Waals surface area (Å²) in [5.41, 5.74) is 0.668. The molecular weight excluding hydrogens is 224 g/mol. The van der Waals surface area contributed by atoms with Crippen molar-refractivity contribution in [3.05, 3.63) is 29.8 Å². The highest BCUT2D eigenvalue weighted by Gasteiger charge is 2.30. The van der Waals surface area contributed by atoms with Crippen LogP contribution in [0.2, 0.25) is 0 Å². The van der Waals surface area contributed by atoms with E-state index in [-0.39, 0.29) is 0 Å². The summed E-state index contributed by atoms with van der Waals surface area (Å²) >= 11 is 0. The zero-order chi connectivity index (χ0) is 13.0. The van der Waals surface area contributed by atoms with Gasteiger partial charge in [0, 0.05) is 12.6 Å². The molecule has 1 aliphatic carbocycles. The van der Waals surface area contributed by atoms with E-state index in [1.807, 2.05) is 12.1 Å². The molecule has 3 heteroatoms. The molecule has 18 heavy (non-hydrogen) atoms. The third-order valence-electron chi connectivity index (χ3n) is 3.70. The average molecular weight is 244 g/mol. The molecule has 0 spiro atoms. The van der Waals surface area contributed by atoms with Crippen LogP contribution in [0.25, 0.3) is 0 Å². The smallest absolute Gasteiger partial charge is 0.119 e. The molecule has 0 bridgehead atoms. The summed E-state index contributed by atoms with van der Waals surface area (Å²) in [6.45, 7) is 3.93. The second-order valence-electron chi connectivity index (χ2n) is 5.04. The SMILES string of the molecule is CC(C1CC1)N(C)CCOc1ccc(C#N)cc1. The Morgan fingerprint density at radius 2 is 2.06 bits per heavy atom. The minimum atomic E-state index is 0.662. The highest BCUT2D eigenvalue weighted by Crippen LogP contribution is 2.34. The van der Waals surface area contributed by atoms with E-state index in [0.29, 0.717) is 18.2 Å². The number of hydrogen-bond donors (Lipinski definition) is 0. The van der Waals surface area contributed by atoms with Gasteiger partial charge in [-0.1, -0.05) is 0 Å². The van der Waals surface area contributed by atoms with Crippen molar-refractivity contribution in [1.82, 2.24) is 4.90 Å². The second-order valence-corrected chi connectivity index (χ2v) is 5.04. The van der Waals surface area contributed by atoms with E-state index in [4.69, 9.17) is 10.00 Å². The van der Waals surface area contributed by atoms with Gasteiger partial charge < -0.3 is 9.64 Å². The van der Waals surface area contributed by atoms with E-state index in [1.165, 1.54) is 12.8 Å². The second kappa shape index (κ2) is 5.88. The molecule has 1 unspecified atom stereocenters. The molecule has 3 nitrogen and oxygen atoms in total. The van der Waals surface area contributed by atoms with E-state index in [2.05, 4.69) is 24.9 Å². The lowest BCUT2D eigenvalue weighted by atomic mass is 10.2. The summed E-state index contributed by atoms with van der Waals surface area (Å²) in [5, 5.41) is 8.70. The van der Waals surface area contributed by atoms with Crippen molar-refractivity contribution in [3.63, 3.8) is 0 Å². The first-order valence-corrected chi connectivity index (χ1v) is 6.54. The quantitative estimate of drug-likeness (QED) is 0.772. The minimum Gasteiger partial charge on any atom is -0.492 e. The Hall–Kier alpha value is -1.53. The number of hydrogen-bond acceptors (Lipinski definition) is 3. The van der Waals surface area contributed by atoms with Crippen molar-refractivity contribution >= 4 is 0 Å². The lowest BCUT2D eigenvalue weighted by molar-refractivity contribution is 0.186. The van der Waals surface area contributed by atoms with E-state index >= 15 is 0 Å². The number of likely N-dealkylation sites (N-methyl/N-ethyl adjacent to an activating group) is 1. The lowest BCUT2D eigenvalue weighted by Gasteiger charge is -2.24. The van der Waals surface area contributed by atoms with Crippen LogP contribution in [0.4, 0.5) is 0 Å². The van der Waals surface area contributed by atoms with Crippen LogP contribution in [0, 0.1) is 17.2 Å². The molecule has 96 valence electrons. The van der Waals surface area contributed by atoms with Gasteiger partial charge in [-0.15, -0.1) is 0 Å². The summed E-state index contributed by atoms with van der Waals surface area (Å²) in [5.74, 6) is 1.73. The molecule has 1 saturated carbocycles. The van der Waals surface area contributed by atoms with Crippen molar-refractivity contribution in [1.29, 1.82) is 5.26 Å². The van der Waals surface area contributed by atoms with E-state index in [0.717, 1.165) is 18.2 Å². The zero-order valence-corrected chi connectivity index (χ0v) is 11.1. The van der Waals surface area contributed by atoms with Gasteiger partial charge in [-0.25, -0.2) is 0 Å². The van der Waals surface area contributed by atoms with E-state index < -0.39 is 0 Å². The third kappa shape index (κ3) is 3.48. The summed E-state index contributed by atoms with van der Waals surface area (Å²) < 4.78 is 5.68. The summed E-state index contributed by atoms with van der Waals surface area (Å²) in [7, 11) is 2.16. The lowest BCUT2D eigenvalue weighted by Crippen LogP contribution is -2.34. The molecule has 0 amide bonds. The largest absolute Gasteiger partial charge is 0.492 e. The molecule has 2 rings (SSSR count). The topological polar surface area (TPSA) is 36.3 Å². The standard InChI is InChI=1S/C15H20N2O/c1-12(14-5-6-14)17(2)9-10-18-15-7-3-13(11-16)4-8-15/h3-4,7-8,12,14H,5-6,9-10H2,1-2H3. The predicted molar refractivity (Wildman–Crippen MR) is 71.5 cm³/mol. The summed E-state index contributed by atoms with van der Waals surface area (Å²) in [4.78, 5) is 2.36. The van der Waals surface area contributed by atoms with Gasteiger partial charge >= 0.3 is 0 Å². The monoisotopic (exact) mass is 244 g/mol. The van der Waals surface area contributed by atoms with Crippen LogP contribution >= 0.6 is 0 Å². The van der Waals surface area contributed by atoms with Crippen LogP contribution in [0.15, 0.2) is 24.3 Å². The highest BCUT2D eigenvalue weighted by molar-refractivity contribution is 5.34. The van der Waals surface area contributed by atoms with Gasteiger partial charge in [-0.2, -0.15) is 5.26 Å². The maximum Gasteiger partial charge on any atom is 0.119 e. The predicted octanol–water partition coefficient (Wildman–Crippen LogP) is 2.67. The molecule has 0 radical (unpaired) electrons. The molecule has 0 aliphatic heterocycles. The third-order valence-corrected chi connectivity index (χ3v) is 3.70. The van der Waals surface area contributed by atoms with Crippen molar-refractivity contribution in [2.45, 2.75) is 25.8 Å². The number of ether oxygens (including phenoxy) is 1. The van der Waals surface area contributed by atoms with Crippen LogP contribution in [-0.4, -0.2) is 31.1 Å². The van der Waals surface area contributed by atoms with Crippen molar-refractivity contribution in [2.24, 2.45) is 5.92 Å². The van der Waals surface area contributed by atoms with Crippen LogP contribution in [0.1, 0.15) is 25.3 Å². The zero-order valence-electron chi connectivity index (χ0n) is 11.1.